The number of ether oxygens (including phenoxy) is 1. The van der Waals surface area contributed by atoms with Gasteiger partial charge in [-0.25, -0.2) is 0 Å². The van der Waals surface area contributed by atoms with E-state index in [0.717, 1.165) is 6.42 Å². The minimum Gasteiger partial charge on any atom is -0.465 e. The molecule has 1 aliphatic heterocycles. The predicted molar refractivity (Wildman–Crippen MR) is 51.9 cm³/mol. The Balaban J connectivity index is 2.60. The summed E-state index contributed by atoms with van der Waals surface area (Å²) in [4.78, 5) is 12.6. The van der Waals surface area contributed by atoms with Crippen molar-refractivity contribution in [3.05, 3.63) is 0 Å². The predicted octanol–water partition coefficient (Wildman–Crippen LogP) is 1.97. The molecule has 1 saturated heterocycles. The van der Waals surface area contributed by atoms with Gasteiger partial charge in [0.15, 0.2) is 0 Å². The van der Waals surface area contributed by atoms with Gasteiger partial charge in [-0.2, -0.15) is 13.2 Å². The van der Waals surface area contributed by atoms with Gasteiger partial charge in [-0.1, -0.05) is 6.42 Å². The minimum absolute atomic E-state index is 0.204. The van der Waals surface area contributed by atoms with E-state index in [9.17, 15) is 18.0 Å². The van der Waals surface area contributed by atoms with E-state index in [1.54, 1.807) is 6.92 Å². The van der Waals surface area contributed by atoms with Crippen molar-refractivity contribution in [1.29, 1.82) is 0 Å². The molecular formula is C10H16F3NO2. The molecule has 0 spiro atoms. The molecule has 0 bridgehead atoms. The van der Waals surface area contributed by atoms with Crippen LogP contribution in [0.1, 0.15) is 26.2 Å². The van der Waals surface area contributed by atoms with Crippen molar-refractivity contribution in [1.82, 2.24) is 4.90 Å². The van der Waals surface area contributed by atoms with Gasteiger partial charge >= 0.3 is 12.1 Å². The fourth-order valence-corrected chi connectivity index (χ4v) is 1.92. The Bertz CT molecular complexity index is 243. The van der Waals surface area contributed by atoms with Crippen LogP contribution >= 0.6 is 0 Å². The number of carbonyl (C=O) groups is 1. The molecule has 94 valence electrons. The third kappa shape index (κ3) is 4.00. The molecule has 0 radical (unpaired) electrons. The fourth-order valence-electron chi connectivity index (χ4n) is 1.92. The summed E-state index contributed by atoms with van der Waals surface area (Å²) >= 11 is 0. The maximum Gasteiger partial charge on any atom is 0.401 e. The topological polar surface area (TPSA) is 29.5 Å². The lowest BCUT2D eigenvalue weighted by Crippen LogP contribution is -2.49. The average Bonchev–Trinajstić information content (AvgIpc) is 2.16. The van der Waals surface area contributed by atoms with Crippen LogP contribution in [-0.2, 0) is 9.53 Å². The molecule has 0 N–H and O–H groups in total. The first-order chi connectivity index (χ1) is 7.44. The molecule has 16 heavy (non-hydrogen) atoms. The Kier molecular flexibility index (Phi) is 4.58. The second-order valence-electron chi connectivity index (χ2n) is 3.85. The quantitative estimate of drug-likeness (QED) is 0.705. The van der Waals surface area contributed by atoms with Crippen LogP contribution < -0.4 is 0 Å². The van der Waals surface area contributed by atoms with E-state index in [0.29, 0.717) is 19.4 Å². The highest BCUT2D eigenvalue weighted by Gasteiger charge is 2.38. The van der Waals surface area contributed by atoms with Gasteiger partial charge in [-0.15, -0.1) is 0 Å². The van der Waals surface area contributed by atoms with Gasteiger partial charge in [0, 0.05) is 0 Å². The van der Waals surface area contributed by atoms with Crippen LogP contribution in [0.3, 0.4) is 0 Å². The van der Waals surface area contributed by atoms with Crippen molar-refractivity contribution >= 4 is 5.97 Å². The molecule has 6 heteroatoms. The first kappa shape index (κ1) is 13.3. The van der Waals surface area contributed by atoms with Crippen LogP contribution in [0.15, 0.2) is 0 Å². The van der Waals surface area contributed by atoms with E-state index >= 15 is 0 Å². The van der Waals surface area contributed by atoms with E-state index in [1.807, 2.05) is 0 Å². The Hall–Kier alpha value is -0.780. The molecule has 1 fully saturated rings. The van der Waals surface area contributed by atoms with E-state index in [4.69, 9.17) is 4.74 Å². The zero-order chi connectivity index (χ0) is 12.2. The van der Waals surface area contributed by atoms with Crippen molar-refractivity contribution in [2.75, 3.05) is 19.7 Å². The van der Waals surface area contributed by atoms with Gasteiger partial charge in [0.1, 0.15) is 6.04 Å². The Morgan fingerprint density at radius 3 is 2.69 bits per heavy atom. The summed E-state index contributed by atoms with van der Waals surface area (Å²) in [5.41, 5.74) is 0. The Morgan fingerprint density at radius 1 is 1.44 bits per heavy atom. The molecule has 1 aliphatic rings. The van der Waals surface area contributed by atoms with E-state index in [-0.39, 0.29) is 6.61 Å². The number of alkyl halides is 3. The second kappa shape index (κ2) is 5.52. The summed E-state index contributed by atoms with van der Waals surface area (Å²) in [5.74, 6) is -0.536. The number of halogens is 3. The number of likely N-dealkylation sites (tertiary alicyclic amines) is 1. The van der Waals surface area contributed by atoms with Crippen molar-refractivity contribution < 1.29 is 22.7 Å². The molecular weight excluding hydrogens is 223 g/mol. The van der Waals surface area contributed by atoms with Crippen molar-refractivity contribution in [3.8, 4) is 0 Å². The molecule has 1 heterocycles. The van der Waals surface area contributed by atoms with Crippen molar-refractivity contribution in [2.45, 2.75) is 38.4 Å². The van der Waals surface area contributed by atoms with Crippen LogP contribution in [0.5, 0.6) is 0 Å². The van der Waals surface area contributed by atoms with Gasteiger partial charge in [0.25, 0.3) is 0 Å². The molecule has 0 saturated carbocycles. The molecule has 0 aromatic heterocycles. The molecule has 0 amide bonds. The largest absolute Gasteiger partial charge is 0.465 e. The number of hydrogen-bond donors (Lipinski definition) is 0. The fraction of sp³-hybridized carbons (Fsp3) is 0.900. The van der Waals surface area contributed by atoms with Gasteiger partial charge in [-0.05, 0) is 26.3 Å². The first-order valence-corrected chi connectivity index (χ1v) is 5.41. The monoisotopic (exact) mass is 239 g/mol. The number of nitrogens with zero attached hydrogens (tertiary/aromatic N) is 1. The maximum absolute atomic E-state index is 12.3. The minimum atomic E-state index is -4.26. The second-order valence-corrected chi connectivity index (χ2v) is 3.85. The molecule has 0 aliphatic carbocycles. The summed E-state index contributed by atoms with van der Waals surface area (Å²) in [7, 11) is 0. The van der Waals surface area contributed by atoms with Crippen LogP contribution in [0.4, 0.5) is 13.2 Å². The number of esters is 1. The summed E-state index contributed by atoms with van der Waals surface area (Å²) in [6.07, 6.45) is -2.33. The zero-order valence-corrected chi connectivity index (χ0v) is 9.22. The molecule has 0 aromatic rings. The van der Waals surface area contributed by atoms with Gasteiger partial charge in [0.2, 0.25) is 0 Å². The molecule has 1 rings (SSSR count). The lowest BCUT2D eigenvalue weighted by atomic mass is 10.0. The molecule has 0 aromatic carbocycles. The number of hydrogen-bond acceptors (Lipinski definition) is 3. The summed E-state index contributed by atoms with van der Waals surface area (Å²) < 4.78 is 41.6. The highest BCUT2D eigenvalue weighted by Crippen LogP contribution is 2.24. The van der Waals surface area contributed by atoms with E-state index in [2.05, 4.69) is 0 Å². The lowest BCUT2D eigenvalue weighted by molar-refractivity contribution is -0.167. The Labute approximate surface area is 92.5 Å². The summed E-state index contributed by atoms with van der Waals surface area (Å²) in [5, 5.41) is 0. The third-order valence-electron chi connectivity index (χ3n) is 2.55. The summed E-state index contributed by atoms with van der Waals surface area (Å²) in [6.45, 7) is 1.13. The maximum atomic E-state index is 12.3. The standard InChI is InChI=1S/C10H16F3NO2/c1-2-16-9(15)8-5-3-4-6-14(8)7-10(11,12)13/h8H,2-7H2,1H3/t8-/m1/s1. The average molecular weight is 239 g/mol. The number of rotatable bonds is 3. The third-order valence-corrected chi connectivity index (χ3v) is 2.55. The highest BCUT2D eigenvalue weighted by atomic mass is 19.4. The number of piperidine rings is 1. The highest BCUT2D eigenvalue weighted by molar-refractivity contribution is 5.75. The Morgan fingerprint density at radius 2 is 2.12 bits per heavy atom. The van der Waals surface area contributed by atoms with Gasteiger partial charge in [0.05, 0.1) is 13.2 Å². The van der Waals surface area contributed by atoms with E-state index < -0.39 is 24.7 Å². The smallest absolute Gasteiger partial charge is 0.401 e. The SMILES string of the molecule is CCOC(=O)[C@H]1CCCCN1CC(F)(F)F. The zero-order valence-electron chi connectivity index (χ0n) is 9.22. The lowest BCUT2D eigenvalue weighted by Gasteiger charge is -2.34. The van der Waals surface area contributed by atoms with Crippen LogP contribution in [0.2, 0.25) is 0 Å². The van der Waals surface area contributed by atoms with Crippen molar-refractivity contribution in [2.24, 2.45) is 0 Å². The first-order valence-electron chi connectivity index (χ1n) is 5.41. The number of carbonyl (C=O) groups excluding carboxylic acids is 1. The molecule has 3 nitrogen and oxygen atoms in total. The van der Waals surface area contributed by atoms with Crippen LogP contribution in [0, 0.1) is 0 Å². The van der Waals surface area contributed by atoms with Crippen LogP contribution in [-0.4, -0.2) is 42.8 Å². The molecule has 1 atom stereocenters. The molecule has 0 unspecified atom stereocenters. The normalized spacial score (nSPS) is 23.1. The van der Waals surface area contributed by atoms with Gasteiger partial charge < -0.3 is 4.74 Å². The van der Waals surface area contributed by atoms with E-state index in [1.165, 1.54) is 4.90 Å². The van der Waals surface area contributed by atoms with Crippen molar-refractivity contribution in [3.63, 3.8) is 0 Å². The van der Waals surface area contributed by atoms with Gasteiger partial charge in [-0.3, -0.25) is 9.69 Å². The summed E-state index contributed by atoms with van der Waals surface area (Å²) in [6, 6.07) is -0.727. The van der Waals surface area contributed by atoms with Crippen LogP contribution in [0.25, 0.3) is 0 Å².